The lowest BCUT2D eigenvalue weighted by Gasteiger charge is -2.36. The van der Waals surface area contributed by atoms with Gasteiger partial charge in [0.2, 0.25) is 11.8 Å². The molecule has 1 aliphatic heterocycles. The maximum absolute atomic E-state index is 12.4. The van der Waals surface area contributed by atoms with Crippen LogP contribution in [0.1, 0.15) is 64.7 Å². The van der Waals surface area contributed by atoms with Crippen LogP contribution in [0, 0.1) is 5.41 Å². The summed E-state index contributed by atoms with van der Waals surface area (Å²) >= 11 is 0. The van der Waals surface area contributed by atoms with Gasteiger partial charge < -0.3 is 16.0 Å². The van der Waals surface area contributed by atoms with Gasteiger partial charge in [-0.1, -0.05) is 19.3 Å². The fourth-order valence-electron chi connectivity index (χ4n) is 3.84. The van der Waals surface area contributed by atoms with E-state index in [4.69, 9.17) is 5.73 Å². The summed E-state index contributed by atoms with van der Waals surface area (Å²) < 4.78 is 0. The van der Waals surface area contributed by atoms with E-state index in [0.29, 0.717) is 13.0 Å². The van der Waals surface area contributed by atoms with Crippen molar-refractivity contribution >= 4 is 24.2 Å². The molecule has 6 heteroatoms. The Labute approximate surface area is 146 Å². The number of amides is 2. The SMILES string of the molecule is CC(NC(=O)CC1(CN)CCCCC1)C(=O)N1CCCCC1.Cl. The van der Waals surface area contributed by atoms with Crippen LogP contribution in [0.2, 0.25) is 0 Å². The highest BCUT2D eigenvalue weighted by Crippen LogP contribution is 2.38. The minimum Gasteiger partial charge on any atom is -0.345 e. The van der Waals surface area contributed by atoms with Gasteiger partial charge in [-0.25, -0.2) is 0 Å². The fraction of sp³-hybridized carbons (Fsp3) is 0.882. The van der Waals surface area contributed by atoms with Gasteiger partial charge in [-0.2, -0.15) is 0 Å². The maximum atomic E-state index is 12.4. The largest absolute Gasteiger partial charge is 0.345 e. The maximum Gasteiger partial charge on any atom is 0.244 e. The van der Waals surface area contributed by atoms with Crippen LogP contribution in [0.15, 0.2) is 0 Å². The number of likely N-dealkylation sites (tertiary alicyclic amines) is 1. The highest BCUT2D eigenvalue weighted by Gasteiger charge is 2.34. The van der Waals surface area contributed by atoms with Crippen molar-refractivity contribution < 1.29 is 9.59 Å². The number of piperidine rings is 1. The van der Waals surface area contributed by atoms with Gasteiger partial charge in [0.15, 0.2) is 0 Å². The Morgan fingerprint density at radius 1 is 1.09 bits per heavy atom. The van der Waals surface area contributed by atoms with Crippen molar-refractivity contribution in [2.24, 2.45) is 11.1 Å². The monoisotopic (exact) mass is 345 g/mol. The lowest BCUT2D eigenvalue weighted by molar-refractivity contribution is -0.137. The van der Waals surface area contributed by atoms with E-state index >= 15 is 0 Å². The van der Waals surface area contributed by atoms with Crippen LogP contribution in [0.3, 0.4) is 0 Å². The van der Waals surface area contributed by atoms with E-state index in [0.717, 1.165) is 51.6 Å². The van der Waals surface area contributed by atoms with Crippen molar-refractivity contribution in [1.29, 1.82) is 0 Å². The van der Waals surface area contributed by atoms with Crippen molar-refractivity contribution in [3.05, 3.63) is 0 Å². The zero-order chi connectivity index (χ0) is 16.0. The van der Waals surface area contributed by atoms with Gasteiger partial charge in [0.05, 0.1) is 0 Å². The van der Waals surface area contributed by atoms with Crippen molar-refractivity contribution in [2.45, 2.75) is 70.8 Å². The first-order valence-corrected chi connectivity index (χ1v) is 8.85. The molecule has 2 amide bonds. The molecule has 0 aromatic heterocycles. The van der Waals surface area contributed by atoms with E-state index in [-0.39, 0.29) is 29.6 Å². The molecular weight excluding hydrogens is 314 g/mol. The van der Waals surface area contributed by atoms with Crippen LogP contribution in [-0.2, 0) is 9.59 Å². The zero-order valence-corrected chi connectivity index (χ0v) is 15.1. The van der Waals surface area contributed by atoms with E-state index in [1.54, 1.807) is 6.92 Å². The Hall–Kier alpha value is -0.810. The Bertz CT molecular complexity index is 391. The minimum absolute atomic E-state index is 0. The average Bonchev–Trinajstić information content (AvgIpc) is 2.55. The van der Waals surface area contributed by atoms with Gasteiger partial charge in [-0.05, 0) is 51.0 Å². The number of halogens is 1. The van der Waals surface area contributed by atoms with E-state index in [9.17, 15) is 9.59 Å². The Kier molecular flexibility index (Phi) is 8.34. The number of rotatable bonds is 5. The second kappa shape index (κ2) is 9.48. The third kappa shape index (κ3) is 5.64. The molecule has 1 saturated carbocycles. The average molecular weight is 346 g/mol. The summed E-state index contributed by atoms with van der Waals surface area (Å²) in [5, 5.41) is 2.90. The number of nitrogens with one attached hydrogen (secondary N) is 1. The molecule has 0 radical (unpaired) electrons. The molecule has 2 rings (SSSR count). The van der Waals surface area contributed by atoms with Crippen LogP contribution >= 0.6 is 12.4 Å². The van der Waals surface area contributed by atoms with E-state index in [2.05, 4.69) is 5.32 Å². The van der Waals surface area contributed by atoms with Crippen molar-refractivity contribution in [3.63, 3.8) is 0 Å². The number of carbonyl (C=O) groups excluding carboxylic acids is 2. The summed E-state index contributed by atoms with van der Waals surface area (Å²) in [5.74, 6) is 0.0312. The normalized spacial score (nSPS) is 21.9. The van der Waals surface area contributed by atoms with Crippen molar-refractivity contribution in [2.75, 3.05) is 19.6 Å². The predicted octanol–water partition coefficient (Wildman–Crippen LogP) is 2.22. The van der Waals surface area contributed by atoms with Crippen LogP contribution < -0.4 is 11.1 Å². The van der Waals surface area contributed by atoms with Gasteiger partial charge in [0.1, 0.15) is 6.04 Å². The first-order valence-electron chi connectivity index (χ1n) is 8.85. The smallest absolute Gasteiger partial charge is 0.244 e. The molecule has 5 nitrogen and oxygen atoms in total. The summed E-state index contributed by atoms with van der Waals surface area (Å²) in [6.45, 7) is 4.01. The van der Waals surface area contributed by atoms with Crippen molar-refractivity contribution in [1.82, 2.24) is 10.2 Å². The summed E-state index contributed by atoms with van der Waals surface area (Å²) in [6, 6.07) is -0.427. The summed E-state index contributed by atoms with van der Waals surface area (Å²) in [5.41, 5.74) is 5.89. The van der Waals surface area contributed by atoms with E-state index in [1.807, 2.05) is 4.90 Å². The second-order valence-corrected chi connectivity index (χ2v) is 7.12. The molecule has 23 heavy (non-hydrogen) atoms. The number of hydrogen-bond donors (Lipinski definition) is 2. The van der Waals surface area contributed by atoms with Crippen LogP contribution in [0.5, 0.6) is 0 Å². The van der Waals surface area contributed by atoms with Gasteiger partial charge >= 0.3 is 0 Å². The molecule has 134 valence electrons. The summed E-state index contributed by atoms with van der Waals surface area (Å²) in [4.78, 5) is 26.6. The molecule has 1 aliphatic carbocycles. The Morgan fingerprint density at radius 2 is 1.65 bits per heavy atom. The molecule has 1 unspecified atom stereocenters. The Balaban J connectivity index is 0.00000264. The zero-order valence-electron chi connectivity index (χ0n) is 14.3. The number of nitrogens with zero attached hydrogens (tertiary/aromatic N) is 1. The molecule has 1 atom stereocenters. The third-order valence-electron chi connectivity index (χ3n) is 5.30. The molecule has 1 saturated heterocycles. The fourth-order valence-corrected chi connectivity index (χ4v) is 3.84. The summed E-state index contributed by atoms with van der Waals surface area (Å²) in [6.07, 6.45) is 9.43. The summed E-state index contributed by atoms with van der Waals surface area (Å²) in [7, 11) is 0. The first-order chi connectivity index (χ1) is 10.6. The highest BCUT2D eigenvalue weighted by molar-refractivity contribution is 5.87. The van der Waals surface area contributed by atoms with Crippen LogP contribution in [0.4, 0.5) is 0 Å². The van der Waals surface area contributed by atoms with Gasteiger partial charge in [0, 0.05) is 19.5 Å². The van der Waals surface area contributed by atoms with Crippen molar-refractivity contribution in [3.8, 4) is 0 Å². The topological polar surface area (TPSA) is 75.4 Å². The van der Waals surface area contributed by atoms with E-state index < -0.39 is 6.04 Å². The molecule has 2 aliphatic rings. The van der Waals surface area contributed by atoms with E-state index in [1.165, 1.54) is 12.8 Å². The first kappa shape index (κ1) is 20.2. The van der Waals surface area contributed by atoms with Crippen LogP contribution in [-0.4, -0.2) is 42.4 Å². The van der Waals surface area contributed by atoms with Gasteiger partial charge in [0.25, 0.3) is 0 Å². The second-order valence-electron chi connectivity index (χ2n) is 7.12. The predicted molar refractivity (Wildman–Crippen MR) is 94.5 cm³/mol. The lowest BCUT2D eigenvalue weighted by atomic mass is 9.71. The quantitative estimate of drug-likeness (QED) is 0.802. The molecule has 0 spiro atoms. The molecule has 0 aromatic carbocycles. The van der Waals surface area contributed by atoms with Gasteiger partial charge in [-0.15, -0.1) is 12.4 Å². The minimum atomic E-state index is -0.427. The lowest BCUT2D eigenvalue weighted by Crippen LogP contribution is -2.49. The molecular formula is C17H32ClN3O2. The van der Waals surface area contributed by atoms with Gasteiger partial charge in [-0.3, -0.25) is 9.59 Å². The molecule has 2 fully saturated rings. The number of hydrogen-bond acceptors (Lipinski definition) is 3. The highest BCUT2D eigenvalue weighted by atomic mass is 35.5. The van der Waals surface area contributed by atoms with Crippen LogP contribution in [0.25, 0.3) is 0 Å². The standard InChI is InChI=1S/C17H31N3O2.ClH/c1-14(16(22)20-10-6-3-7-11-20)19-15(21)12-17(13-18)8-4-2-5-9-17;/h14H,2-13,18H2,1H3,(H,19,21);1H. The number of carbonyl (C=O) groups is 2. The Morgan fingerprint density at radius 3 is 2.22 bits per heavy atom. The molecule has 3 N–H and O–H groups in total. The molecule has 0 aromatic rings. The third-order valence-corrected chi connectivity index (χ3v) is 5.30. The molecule has 0 bridgehead atoms. The number of nitrogens with two attached hydrogens (primary N) is 1. The molecule has 1 heterocycles.